The summed E-state index contributed by atoms with van der Waals surface area (Å²) in [5, 5.41) is 3.29. The van der Waals surface area contributed by atoms with E-state index < -0.39 is 0 Å². The van der Waals surface area contributed by atoms with Crippen LogP contribution in [0.3, 0.4) is 0 Å². The summed E-state index contributed by atoms with van der Waals surface area (Å²) in [4.78, 5) is 14.6. The van der Waals surface area contributed by atoms with E-state index in [2.05, 4.69) is 17.1 Å². The molecule has 2 rings (SSSR count). The average Bonchev–Trinajstić information content (AvgIpc) is 2.47. The zero-order valence-corrected chi connectivity index (χ0v) is 11.7. The lowest BCUT2D eigenvalue weighted by atomic mass is 10.0. The summed E-state index contributed by atoms with van der Waals surface area (Å²) >= 11 is 0. The molecule has 0 unspecified atom stereocenters. The minimum absolute atomic E-state index is 0.147. The summed E-state index contributed by atoms with van der Waals surface area (Å²) in [5.74, 6) is 0.825. The Morgan fingerprint density at radius 2 is 2.11 bits per heavy atom. The smallest absolute Gasteiger partial charge is 0.180 e. The van der Waals surface area contributed by atoms with E-state index in [1.54, 1.807) is 7.11 Å². The molecule has 1 saturated heterocycles. The first-order chi connectivity index (χ1) is 9.24. The molecule has 0 saturated carbocycles. The highest BCUT2D eigenvalue weighted by molar-refractivity contribution is 6.00. The number of benzene rings is 1. The van der Waals surface area contributed by atoms with Gasteiger partial charge in [-0.3, -0.25) is 9.69 Å². The van der Waals surface area contributed by atoms with Crippen molar-refractivity contribution >= 4 is 5.78 Å². The fourth-order valence-corrected chi connectivity index (χ4v) is 2.35. The molecule has 104 valence electrons. The van der Waals surface area contributed by atoms with Crippen LogP contribution in [0.2, 0.25) is 0 Å². The standard InChI is InChI=1S/C15H22N2O2/c1-3-12-4-5-15(19-2)13(10-12)14(18)11-17-8-6-16-7-9-17/h4-5,10,16H,3,6-9,11H2,1-2H3. The number of piperazine rings is 1. The van der Waals surface area contributed by atoms with Gasteiger partial charge in [0.25, 0.3) is 0 Å². The van der Waals surface area contributed by atoms with Gasteiger partial charge in [0.15, 0.2) is 5.78 Å². The van der Waals surface area contributed by atoms with Gasteiger partial charge in [-0.25, -0.2) is 0 Å². The summed E-state index contributed by atoms with van der Waals surface area (Å²) in [6.07, 6.45) is 0.928. The maximum atomic E-state index is 12.4. The summed E-state index contributed by atoms with van der Waals surface area (Å²) in [7, 11) is 1.61. The molecule has 1 N–H and O–H groups in total. The third kappa shape index (κ3) is 3.55. The van der Waals surface area contributed by atoms with Crippen LogP contribution in [0.5, 0.6) is 5.75 Å². The normalized spacial score (nSPS) is 16.3. The molecule has 1 aliphatic rings. The summed E-state index contributed by atoms with van der Waals surface area (Å²) in [6.45, 7) is 6.35. The number of carbonyl (C=O) groups is 1. The van der Waals surface area contributed by atoms with Gasteiger partial charge in [-0.05, 0) is 24.1 Å². The number of hydrogen-bond acceptors (Lipinski definition) is 4. The number of methoxy groups -OCH3 is 1. The lowest BCUT2D eigenvalue weighted by molar-refractivity contribution is 0.0918. The molecule has 0 aromatic heterocycles. The first-order valence-corrected chi connectivity index (χ1v) is 6.87. The van der Waals surface area contributed by atoms with Gasteiger partial charge in [-0.1, -0.05) is 13.0 Å². The topological polar surface area (TPSA) is 41.6 Å². The molecule has 0 amide bonds. The third-order valence-electron chi connectivity index (χ3n) is 3.55. The van der Waals surface area contributed by atoms with Crippen LogP contribution in [0.4, 0.5) is 0 Å². The van der Waals surface area contributed by atoms with Crippen molar-refractivity contribution in [3.63, 3.8) is 0 Å². The maximum Gasteiger partial charge on any atom is 0.180 e. The van der Waals surface area contributed by atoms with Gasteiger partial charge in [-0.2, -0.15) is 0 Å². The second-order valence-corrected chi connectivity index (χ2v) is 4.84. The zero-order valence-electron chi connectivity index (χ0n) is 11.7. The Hall–Kier alpha value is -1.39. The van der Waals surface area contributed by atoms with Crippen LogP contribution in [0, 0.1) is 0 Å². The molecule has 1 aliphatic heterocycles. The molecule has 1 heterocycles. The van der Waals surface area contributed by atoms with Crippen molar-refractivity contribution in [2.24, 2.45) is 0 Å². The molecule has 0 atom stereocenters. The summed E-state index contributed by atoms with van der Waals surface area (Å²) in [5.41, 5.74) is 1.88. The van der Waals surface area contributed by atoms with Crippen molar-refractivity contribution in [1.29, 1.82) is 0 Å². The molecule has 0 spiro atoms. The molecule has 0 radical (unpaired) electrons. The summed E-state index contributed by atoms with van der Waals surface area (Å²) < 4.78 is 5.30. The highest BCUT2D eigenvalue weighted by atomic mass is 16.5. The minimum atomic E-state index is 0.147. The van der Waals surface area contributed by atoms with Crippen molar-refractivity contribution in [3.8, 4) is 5.75 Å². The van der Waals surface area contributed by atoms with Gasteiger partial charge in [0.05, 0.1) is 19.2 Å². The van der Waals surface area contributed by atoms with E-state index in [9.17, 15) is 4.79 Å². The Morgan fingerprint density at radius 3 is 2.74 bits per heavy atom. The third-order valence-corrected chi connectivity index (χ3v) is 3.55. The van der Waals surface area contributed by atoms with Crippen molar-refractivity contribution in [3.05, 3.63) is 29.3 Å². The molecule has 0 bridgehead atoms. The van der Waals surface area contributed by atoms with E-state index in [1.165, 1.54) is 5.56 Å². The molecule has 19 heavy (non-hydrogen) atoms. The predicted molar refractivity (Wildman–Crippen MR) is 76.0 cm³/mol. The molecule has 0 aliphatic carbocycles. The molecule has 1 fully saturated rings. The van der Waals surface area contributed by atoms with Crippen LogP contribution in [-0.4, -0.2) is 50.5 Å². The van der Waals surface area contributed by atoms with Crippen molar-refractivity contribution in [2.45, 2.75) is 13.3 Å². The highest BCUT2D eigenvalue weighted by Gasteiger charge is 2.18. The van der Waals surface area contributed by atoms with Crippen molar-refractivity contribution in [2.75, 3.05) is 39.8 Å². The van der Waals surface area contributed by atoms with Crippen molar-refractivity contribution in [1.82, 2.24) is 10.2 Å². The van der Waals surface area contributed by atoms with Crippen molar-refractivity contribution < 1.29 is 9.53 Å². The fraction of sp³-hybridized carbons (Fsp3) is 0.533. The van der Waals surface area contributed by atoms with E-state index in [1.807, 2.05) is 18.2 Å². The second-order valence-electron chi connectivity index (χ2n) is 4.84. The second kappa shape index (κ2) is 6.68. The number of ketones is 1. The van der Waals surface area contributed by atoms with Crippen LogP contribution in [0.1, 0.15) is 22.8 Å². The van der Waals surface area contributed by atoms with E-state index >= 15 is 0 Å². The Balaban J connectivity index is 2.12. The molecule has 4 nitrogen and oxygen atoms in total. The van der Waals surface area contributed by atoms with Gasteiger partial charge < -0.3 is 10.1 Å². The van der Waals surface area contributed by atoms with Gasteiger partial charge in [0, 0.05) is 26.2 Å². The van der Waals surface area contributed by atoms with Gasteiger partial charge in [0.2, 0.25) is 0 Å². The maximum absolute atomic E-state index is 12.4. The quantitative estimate of drug-likeness (QED) is 0.813. The Labute approximate surface area is 114 Å². The Kier molecular flexibility index (Phi) is 4.93. The minimum Gasteiger partial charge on any atom is -0.496 e. The zero-order chi connectivity index (χ0) is 13.7. The van der Waals surface area contributed by atoms with E-state index in [4.69, 9.17) is 4.74 Å². The molecule has 1 aromatic carbocycles. The number of nitrogens with one attached hydrogen (secondary N) is 1. The number of carbonyl (C=O) groups excluding carboxylic acids is 1. The first-order valence-electron chi connectivity index (χ1n) is 6.87. The number of ether oxygens (including phenoxy) is 1. The largest absolute Gasteiger partial charge is 0.496 e. The number of hydrogen-bond donors (Lipinski definition) is 1. The fourth-order valence-electron chi connectivity index (χ4n) is 2.35. The van der Waals surface area contributed by atoms with Crippen LogP contribution in [-0.2, 0) is 6.42 Å². The Bertz CT molecular complexity index is 440. The first kappa shape index (κ1) is 14.0. The monoisotopic (exact) mass is 262 g/mol. The van der Waals surface area contributed by atoms with E-state index in [0.717, 1.165) is 32.6 Å². The van der Waals surface area contributed by atoms with Gasteiger partial charge in [0.1, 0.15) is 5.75 Å². The van der Waals surface area contributed by atoms with Gasteiger partial charge in [-0.15, -0.1) is 0 Å². The number of Topliss-reactive ketones (excluding diaryl/α,β-unsaturated/α-hetero) is 1. The van der Waals surface area contributed by atoms with Crippen LogP contribution in [0.15, 0.2) is 18.2 Å². The predicted octanol–water partition coefficient (Wildman–Crippen LogP) is 1.35. The lowest BCUT2D eigenvalue weighted by Crippen LogP contribution is -2.45. The number of aryl methyl sites for hydroxylation is 1. The molecular formula is C15H22N2O2. The lowest BCUT2D eigenvalue weighted by Gasteiger charge is -2.26. The van der Waals surface area contributed by atoms with E-state index in [0.29, 0.717) is 17.9 Å². The summed E-state index contributed by atoms with van der Waals surface area (Å²) in [6, 6.07) is 5.87. The van der Waals surface area contributed by atoms with Crippen LogP contribution in [0.25, 0.3) is 0 Å². The SMILES string of the molecule is CCc1ccc(OC)c(C(=O)CN2CCNCC2)c1. The van der Waals surface area contributed by atoms with Gasteiger partial charge >= 0.3 is 0 Å². The van der Waals surface area contributed by atoms with Crippen LogP contribution >= 0.6 is 0 Å². The number of rotatable bonds is 5. The van der Waals surface area contributed by atoms with E-state index in [-0.39, 0.29) is 5.78 Å². The van der Waals surface area contributed by atoms with Crippen LogP contribution < -0.4 is 10.1 Å². The number of nitrogens with zero attached hydrogens (tertiary/aromatic N) is 1. The highest BCUT2D eigenvalue weighted by Crippen LogP contribution is 2.21. The average molecular weight is 262 g/mol. The molecule has 4 heteroatoms. The Morgan fingerprint density at radius 1 is 1.37 bits per heavy atom. The molecule has 1 aromatic rings. The molecular weight excluding hydrogens is 240 g/mol.